The molecule has 1 aliphatic rings. The van der Waals surface area contributed by atoms with Gasteiger partial charge in [0.2, 0.25) is 0 Å². The number of nitrogens with one attached hydrogen (secondary N) is 1. The molecule has 1 aromatic rings. The molecule has 1 aliphatic carbocycles. The Morgan fingerprint density at radius 2 is 2.22 bits per heavy atom. The van der Waals surface area contributed by atoms with Crippen molar-refractivity contribution in [3.8, 4) is 0 Å². The maximum atomic E-state index is 12.3. The first-order valence-corrected chi connectivity index (χ1v) is 9.22. The van der Waals surface area contributed by atoms with Gasteiger partial charge in [-0.05, 0) is 19.8 Å². The van der Waals surface area contributed by atoms with Gasteiger partial charge in [-0.1, -0.05) is 27.2 Å². The van der Waals surface area contributed by atoms with Crippen molar-refractivity contribution < 1.29 is 9.90 Å². The lowest BCUT2D eigenvalue weighted by atomic mass is 9.93. The zero-order valence-corrected chi connectivity index (χ0v) is 15.6. The van der Waals surface area contributed by atoms with Crippen LogP contribution in [0.3, 0.4) is 0 Å². The van der Waals surface area contributed by atoms with Crippen molar-refractivity contribution in [1.82, 2.24) is 15.2 Å². The second-order valence-corrected chi connectivity index (χ2v) is 8.52. The van der Waals surface area contributed by atoms with Gasteiger partial charge in [-0.2, -0.15) is 0 Å². The third-order valence-corrected chi connectivity index (χ3v) is 5.50. The molecule has 1 heterocycles. The zero-order valence-electron chi connectivity index (χ0n) is 14.8. The monoisotopic (exact) mass is 339 g/mol. The van der Waals surface area contributed by atoms with Crippen LogP contribution < -0.4 is 5.32 Å². The number of amides is 2. The van der Waals surface area contributed by atoms with E-state index in [1.807, 2.05) is 6.92 Å². The summed E-state index contributed by atoms with van der Waals surface area (Å²) in [5.41, 5.74) is 1.08. The normalized spacial score (nSPS) is 22.9. The maximum Gasteiger partial charge on any atom is 0.317 e. The van der Waals surface area contributed by atoms with Crippen LogP contribution in [0.2, 0.25) is 0 Å². The van der Waals surface area contributed by atoms with E-state index in [1.54, 1.807) is 23.3 Å². The van der Waals surface area contributed by atoms with Gasteiger partial charge in [-0.25, -0.2) is 9.78 Å². The molecule has 3 unspecified atom stereocenters. The number of aliphatic hydroxyl groups is 1. The van der Waals surface area contributed by atoms with E-state index >= 15 is 0 Å². The molecular formula is C17H29N3O2S. The molecule has 1 aromatic heterocycles. The molecule has 6 heteroatoms. The van der Waals surface area contributed by atoms with Crippen LogP contribution in [-0.4, -0.2) is 40.7 Å². The molecule has 0 aromatic carbocycles. The zero-order chi connectivity index (χ0) is 17.2. The van der Waals surface area contributed by atoms with Crippen LogP contribution in [0.5, 0.6) is 0 Å². The second-order valence-electron chi connectivity index (χ2n) is 7.63. The minimum Gasteiger partial charge on any atom is -0.393 e. The SMILES string of the molecule is CC(NC(=O)N(C)CC1CCCC1O)c1nc(C(C)(C)C)cs1. The summed E-state index contributed by atoms with van der Waals surface area (Å²) in [6.45, 7) is 8.97. The number of rotatable bonds is 4. The highest BCUT2D eigenvalue weighted by molar-refractivity contribution is 7.09. The molecule has 2 amide bonds. The van der Waals surface area contributed by atoms with Crippen molar-refractivity contribution >= 4 is 17.4 Å². The number of thiazole rings is 1. The molecule has 3 atom stereocenters. The predicted octanol–water partition coefficient (Wildman–Crippen LogP) is 3.30. The van der Waals surface area contributed by atoms with Crippen LogP contribution in [-0.2, 0) is 5.41 Å². The van der Waals surface area contributed by atoms with E-state index in [4.69, 9.17) is 0 Å². The summed E-state index contributed by atoms with van der Waals surface area (Å²) in [5, 5.41) is 15.9. The van der Waals surface area contributed by atoms with Crippen molar-refractivity contribution in [2.45, 2.75) is 64.5 Å². The highest BCUT2D eigenvalue weighted by atomic mass is 32.1. The van der Waals surface area contributed by atoms with E-state index in [0.717, 1.165) is 30.0 Å². The number of urea groups is 1. The highest BCUT2D eigenvalue weighted by Gasteiger charge is 2.28. The van der Waals surface area contributed by atoms with Gasteiger partial charge in [0.25, 0.3) is 0 Å². The number of nitrogens with zero attached hydrogens (tertiary/aromatic N) is 2. The lowest BCUT2D eigenvalue weighted by Crippen LogP contribution is -2.42. The van der Waals surface area contributed by atoms with Gasteiger partial charge in [-0.15, -0.1) is 11.3 Å². The first-order chi connectivity index (χ1) is 10.7. The Hall–Kier alpha value is -1.14. The van der Waals surface area contributed by atoms with Crippen molar-refractivity contribution in [3.05, 3.63) is 16.1 Å². The lowest BCUT2D eigenvalue weighted by molar-refractivity contribution is 0.113. The Balaban J connectivity index is 1.90. The van der Waals surface area contributed by atoms with Gasteiger partial charge in [0.1, 0.15) is 5.01 Å². The van der Waals surface area contributed by atoms with Crippen LogP contribution in [0, 0.1) is 5.92 Å². The molecule has 0 bridgehead atoms. The fourth-order valence-corrected chi connectivity index (χ4v) is 3.91. The number of carbonyl (C=O) groups is 1. The summed E-state index contributed by atoms with van der Waals surface area (Å²) >= 11 is 1.59. The largest absolute Gasteiger partial charge is 0.393 e. The summed E-state index contributed by atoms with van der Waals surface area (Å²) in [4.78, 5) is 18.7. The van der Waals surface area contributed by atoms with Crippen molar-refractivity contribution in [3.63, 3.8) is 0 Å². The fourth-order valence-electron chi connectivity index (χ4n) is 2.85. The second kappa shape index (κ2) is 7.18. The van der Waals surface area contributed by atoms with Gasteiger partial charge in [0, 0.05) is 30.3 Å². The Bertz CT molecular complexity index is 538. The molecule has 0 aliphatic heterocycles. The minimum absolute atomic E-state index is 0.0217. The Labute approximate surface area is 143 Å². The van der Waals surface area contributed by atoms with Gasteiger partial charge < -0.3 is 15.3 Å². The average molecular weight is 340 g/mol. The standard InChI is InChI=1S/C17H29N3O2S/c1-11(15-19-14(10-23-15)17(2,3)4)18-16(22)20(5)9-12-7-6-8-13(12)21/h10-13,21H,6-9H2,1-5H3,(H,18,22). The number of hydrogen-bond acceptors (Lipinski definition) is 4. The maximum absolute atomic E-state index is 12.3. The van der Waals surface area contributed by atoms with E-state index in [-0.39, 0.29) is 29.5 Å². The van der Waals surface area contributed by atoms with Crippen molar-refractivity contribution in [1.29, 1.82) is 0 Å². The average Bonchev–Trinajstić information content (AvgIpc) is 3.08. The van der Waals surface area contributed by atoms with Crippen LogP contribution in [0.25, 0.3) is 0 Å². The number of hydrogen-bond donors (Lipinski definition) is 2. The predicted molar refractivity (Wildman–Crippen MR) is 93.7 cm³/mol. The fraction of sp³-hybridized carbons (Fsp3) is 0.765. The molecule has 1 fully saturated rings. The van der Waals surface area contributed by atoms with E-state index in [1.165, 1.54) is 0 Å². The topological polar surface area (TPSA) is 65.5 Å². The third-order valence-electron chi connectivity index (χ3n) is 4.47. The molecule has 2 N–H and O–H groups in total. The van der Waals surface area contributed by atoms with Crippen LogP contribution in [0.4, 0.5) is 4.79 Å². The van der Waals surface area contributed by atoms with Crippen molar-refractivity contribution in [2.75, 3.05) is 13.6 Å². The quantitative estimate of drug-likeness (QED) is 0.884. The van der Waals surface area contributed by atoms with Gasteiger partial charge in [-0.3, -0.25) is 0 Å². The van der Waals surface area contributed by atoms with Gasteiger partial charge >= 0.3 is 6.03 Å². The molecule has 0 spiro atoms. The Kier molecular flexibility index (Phi) is 5.68. The van der Waals surface area contributed by atoms with E-state index < -0.39 is 0 Å². The molecule has 1 saturated carbocycles. The molecule has 0 radical (unpaired) electrons. The molecule has 5 nitrogen and oxygen atoms in total. The van der Waals surface area contributed by atoms with Crippen molar-refractivity contribution in [2.24, 2.45) is 5.92 Å². The van der Waals surface area contributed by atoms with Crippen LogP contribution in [0.15, 0.2) is 5.38 Å². The Morgan fingerprint density at radius 3 is 2.74 bits per heavy atom. The molecule has 23 heavy (non-hydrogen) atoms. The van der Waals surface area contributed by atoms with E-state index in [0.29, 0.717) is 6.54 Å². The van der Waals surface area contributed by atoms with E-state index in [9.17, 15) is 9.90 Å². The third kappa shape index (κ3) is 4.67. The first kappa shape index (κ1) is 18.2. The number of aromatic nitrogens is 1. The summed E-state index contributed by atoms with van der Waals surface area (Å²) in [7, 11) is 1.79. The lowest BCUT2D eigenvalue weighted by Gasteiger charge is -2.25. The minimum atomic E-state index is -0.268. The highest BCUT2D eigenvalue weighted by Crippen LogP contribution is 2.28. The molecule has 2 rings (SSSR count). The van der Waals surface area contributed by atoms with E-state index in [2.05, 4.69) is 36.5 Å². The summed E-state index contributed by atoms with van der Waals surface area (Å²) in [6, 6.07) is -0.219. The number of aliphatic hydroxyl groups excluding tert-OH is 1. The molecule has 130 valence electrons. The van der Waals surface area contributed by atoms with Gasteiger partial charge in [0.05, 0.1) is 17.8 Å². The Morgan fingerprint density at radius 1 is 1.52 bits per heavy atom. The summed E-state index contributed by atoms with van der Waals surface area (Å²) in [5.74, 6) is 0.202. The summed E-state index contributed by atoms with van der Waals surface area (Å²) < 4.78 is 0. The molecular weight excluding hydrogens is 310 g/mol. The molecule has 0 saturated heterocycles. The van der Waals surface area contributed by atoms with Crippen LogP contribution in [0.1, 0.15) is 63.7 Å². The van der Waals surface area contributed by atoms with Crippen LogP contribution >= 0.6 is 11.3 Å². The first-order valence-electron chi connectivity index (χ1n) is 8.34. The number of carbonyl (C=O) groups excluding carboxylic acids is 1. The summed E-state index contributed by atoms with van der Waals surface area (Å²) in [6.07, 6.45) is 2.63. The van der Waals surface area contributed by atoms with Gasteiger partial charge in [0.15, 0.2) is 0 Å². The smallest absolute Gasteiger partial charge is 0.317 e.